The Labute approximate surface area is 288 Å². The Morgan fingerprint density at radius 2 is 0.917 bits per heavy atom. The molecule has 0 amide bonds. The second kappa shape index (κ2) is 14.7. The molecule has 0 saturated carbocycles. The highest BCUT2D eigenvalue weighted by Gasteiger charge is 2.27. The molecule has 0 radical (unpaired) electrons. The minimum Gasteiger partial charge on any atom is -0.310 e. The molecule has 2 nitrogen and oxygen atoms in total. The van der Waals surface area contributed by atoms with Gasteiger partial charge in [-0.1, -0.05) is 108 Å². The van der Waals surface area contributed by atoms with Gasteiger partial charge in [-0.05, 0) is 123 Å². The summed E-state index contributed by atoms with van der Waals surface area (Å²) in [4.78, 5) is 4.71. The van der Waals surface area contributed by atoms with Crippen LogP contribution in [-0.2, 0) is 6.42 Å². The Balaban J connectivity index is 1.29. The molecule has 240 valence electrons. The highest BCUT2D eigenvalue weighted by atomic mass is 28.3. The van der Waals surface area contributed by atoms with E-state index < -0.39 is 8.07 Å². The van der Waals surface area contributed by atoms with Crippen molar-refractivity contribution in [3.63, 3.8) is 0 Å². The predicted octanol–water partition coefficient (Wildman–Crippen LogP) is 11.6. The molecular weight excluding hydrogens is 597 g/mol. The third-order valence-electron chi connectivity index (χ3n) is 9.30. The van der Waals surface area contributed by atoms with Crippen LogP contribution in [0.1, 0.15) is 29.5 Å². The summed E-state index contributed by atoms with van der Waals surface area (Å²) in [7, 11) is -1.97. The summed E-state index contributed by atoms with van der Waals surface area (Å²) in [6, 6.07) is 55.8. The van der Waals surface area contributed by atoms with E-state index in [1.165, 1.54) is 49.8 Å². The van der Waals surface area contributed by atoms with Gasteiger partial charge in [-0.2, -0.15) is 0 Å². The number of para-hydroxylation sites is 1. The van der Waals surface area contributed by atoms with Crippen molar-refractivity contribution in [1.82, 2.24) is 0 Å². The van der Waals surface area contributed by atoms with Crippen molar-refractivity contribution < 1.29 is 0 Å². The highest BCUT2D eigenvalue weighted by Crippen LogP contribution is 2.36. The van der Waals surface area contributed by atoms with Gasteiger partial charge in [-0.25, -0.2) is 0 Å². The summed E-state index contributed by atoms with van der Waals surface area (Å²) in [5.41, 5.74) is 10.9. The van der Waals surface area contributed by atoms with E-state index >= 15 is 0 Å². The minimum atomic E-state index is -1.97. The zero-order valence-electron chi connectivity index (χ0n) is 28.7. The molecule has 0 aliphatic rings. The lowest BCUT2D eigenvalue weighted by atomic mass is 10.1. The molecule has 0 N–H and O–H groups in total. The molecule has 0 atom stereocenters. The van der Waals surface area contributed by atoms with Crippen LogP contribution in [-0.4, -0.2) is 8.07 Å². The van der Waals surface area contributed by atoms with E-state index in [1.807, 2.05) is 6.08 Å². The predicted molar refractivity (Wildman–Crippen MR) is 212 cm³/mol. The summed E-state index contributed by atoms with van der Waals surface area (Å²) in [5.74, 6) is 0. The monoisotopic (exact) mass is 642 g/mol. The Hall–Kier alpha value is -5.12. The number of allylic oxidation sites excluding steroid dienone is 1. The van der Waals surface area contributed by atoms with E-state index in [1.54, 1.807) is 0 Å². The van der Waals surface area contributed by atoms with Crippen LogP contribution >= 0.6 is 0 Å². The molecular formula is C45H46N2Si. The second-order valence-corrected chi connectivity index (χ2v) is 17.7. The first kappa shape index (κ1) is 32.8. The zero-order valence-corrected chi connectivity index (χ0v) is 29.7. The lowest BCUT2D eigenvalue weighted by Gasteiger charge is -2.29. The van der Waals surface area contributed by atoms with E-state index in [4.69, 9.17) is 0 Å². The van der Waals surface area contributed by atoms with Gasteiger partial charge in [-0.3, -0.25) is 0 Å². The molecule has 3 heteroatoms. The van der Waals surface area contributed by atoms with Crippen molar-refractivity contribution in [2.45, 2.75) is 46.2 Å². The molecule has 0 fully saturated rings. The number of anilines is 6. The fourth-order valence-corrected chi connectivity index (χ4v) is 8.82. The summed E-state index contributed by atoms with van der Waals surface area (Å²) >= 11 is 0. The Bertz CT molecular complexity index is 1940. The molecule has 0 spiro atoms. The van der Waals surface area contributed by atoms with Gasteiger partial charge >= 0.3 is 0 Å². The normalized spacial score (nSPS) is 11.2. The molecule has 6 aromatic rings. The highest BCUT2D eigenvalue weighted by molar-refractivity contribution is 7.00. The van der Waals surface area contributed by atoms with Crippen LogP contribution in [0.4, 0.5) is 34.1 Å². The summed E-state index contributed by atoms with van der Waals surface area (Å²) in [5, 5.41) is 2.83. The smallest absolute Gasteiger partial charge is 0.112 e. The van der Waals surface area contributed by atoms with Gasteiger partial charge in [0, 0.05) is 34.1 Å². The minimum absolute atomic E-state index is 1.05. The van der Waals surface area contributed by atoms with Crippen LogP contribution in [0.2, 0.25) is 13.1 Å². The van der Waals surface area contributed by atoms with E-state index in [0.29, 0.717) is 0 Å². The molecule has 0 unspecified atom stereocenters. The lowest BCUT2D eigenvalue weighted by Crippen LogP contribution is -2.52. The SMILES string of the molecule is C=CCCCc1ccc(N(c2ccc([Si](C)(C)c3ccc(N(c4ccccc4)c4cccc(C)c4)cc3)cc2)c2cccc(C)c2)cc1. The third kappa shape index (κ3) is 7.38. The van der Waals surface area contributed by atoms with Crippen molar-refractivity contribution in [3.8, 4) is 0 Å². The van der Waals surface area contributed by atoms with Crippen LogP contribution in [0.3, 0.4) is 0 Å². The summed E-state index contributed by atoms with van der Waals surface area (Å²) in [6.07, 6.45) is 5.25. The van der Waals surface area contributed by atoms with Crippen LogP contribution < -0.4 is 20.2 Å². The van der Waals surface area contributed by atoms with Crippen LogP contribution in [0.5, 0.6) is 0 Å². The van der Waals surface area contributed by atoms with Crippen molar-refractivity contribution in [1.29, 1.82) is 0 Å². The van der Waals surface area contributed by atoms with Crippen LogP contribution in [0.25, 0.3) is 0 Å². The maximum absolute atomic E-state index is 3.87. The summed E-state index contributed by atoms with van der Waals surface area (Å²) < 4.78 is 0. The topological polar surface area (TPSA) is 6.48 Å². The van der Waals surface area contributed by atoms with Gasteiger partial charge < -0.3 is 9.80 Å². The molecule has 0 saturated heterocycles. The standard InChI is InChI=1S/C45H46N2Si/c1-6-7-9-16-37-21-23-39(24-22-37)47(43-20-13-15-36(3)34-43)41-27-31-45(32-28-41)48(4,5)44-29-25-40(26-30-44)46(38-17-10-8-11-18-38)42-19-12-14-35(2)33-42/h6,8,10-15,17-34H,1,7,9,16H2,2-5H3. The van der Waals surface area contributed by atoms with Crippen molar-refractivity contribution in [2.75, 3.05) is 9.80 Å². The van der Waals surface area contributed by atoms with Gasteiger partial charge in [0.2, 0.25) is 0 Å². The number of benzene rings is 6. The van der Waals surface area contributed by atoms with Gasteiger partial charge in [0.15, 0.2) is 0 Å². The van der Waals surface area contributed by atoms with E-state index in [2.05, 4.69) is 195 Å². The first-order valence-corrected chi connectivity index (χ1v) is 20.0. The number of hydrogen-bond donors (Lipinski definition) is 0. The second-order valence-electron chi connectivity index (χ2n) is 13.3. The van der Waals surface area contributed by atoms with E-state index in [9.17, 15) is 0 Å². The largest absolute Gasteiger partial charge is 0.310 e. The Morgan fingerprint density at radius 1 is 0.500 bits per heavy atom. The number of nitrogens with zero attached hydrogens (tertiary/aromatic N) is 2. The first-order chi connectivity index (χ1) is 23.3. The number of rotatable bonds is 12. The molecule has 0 bridgehead atoms. The van der Waals surface area contributed by atoms with Crippen molar-refractivity contribution >= 4 is 52.6 Å². The maximum Gasteiger partial charge on any atom is 0.112 e. The quantitative estimate of drug-likeness (QED) is 0.0744. The van der Waals surface area contributed by atoms with Gasteiger partial charge in [-0.15, -0.1) is 6.58 Å². The number of hydrogen-bond acceptors (Lipinski definition) is 2. The zero-order chi connectivity index (χ0) is 33.5. The van der Waals surface area contributed by atoms with Crippen LogP contribution in [0, 0.1) is 13.8 Å². The van der Waals surface area contributed by atoms with E-state index in [0.717, 1.165) is 30.6 Å². The van der Waals surface area contributed by atoms with Crippen molar-refractivity contribution in [2.24, 2.45) is 0 Å². The van der Waals surface area contributed by atoms with Gasteiger partial charge in [0.1, 0.15) is 8.07 Å². The van der Waals surface area contributed by atoms with Gasteiger partial charge in [0.05, 0.1) is 0 Å². The molecule has 0 aliphatic heterocycles. The average molecular weight is 643 g/mol. The van der Waals surface area contributed by atoms with Crippen LogP contribution in [0.15, 0.2) is 164 Å². The first-order valence-electron chi connectivity index (χ1n) is 17.0. The fraction of sp³-hybridized carbons (Fsp3) is 0.156. The van der Waals surface area contributed by atoms with E-state index in [-0.39, 0.29) is 0 Å². The third-order valence-corrected chi connectivity index (χ3v) is 12.9. The van der Waals surface area contributed by atoms with Crippen molar-refractivity contribution in [3.05, 3.63) is 181 Å². The maximum atomic E-state index is 3.87. The Morgan fingerprint density at radius 3 is 1.35 bits per heavy atom. The summed E-state index contributed by atoms with van der Waals surface area (Å²) in [6.45, 7) is 13.1. The molecule has 48 heavy (non-hydrogen) atoms. The fourth-order valence-electron chi connectivity index (χ4n) is 6.49. The molecule has 0 aliphatic carbocycles. The molecule has 6 aromatic carbocycles. The number of unbranched alkanes of at least 4 members (excludes halogenated alkanes) is 1. The molecule has 0 heterocycles. The molecule has 6 rings (SSSR count). The number of aryl methyl sites for hydroxylation is 3. The average Bonchev–Trinajstić information content (AvgIpc) is 3.10. The molecule has 0 aromatic heterocycles. The van der Waals surface area contributed by atoms with Gasteiger partial charge in [0.25, 0.3) is 0 Å². The Kier molecular flexibility index (Phi) is 10.1. The lowest BCUT2D eigenvalue weighted by molar-refractivity contribution is 0.844.